The maximum Gasteiger partial charge on any atom is 0.202 e. The summed E-state index contributed by atoms with van der Waals surface area (Å²) in [6.07, 6.45) is -2.03. The van der Waals surface area contributed by atoms with Gasteiger partial charge in [-0.15, -0.1) is 0 Å². The minimum Gasteiger partial charge on any atom is -0.496 e. The molecule has 22 heavy (non-hydrogen) atoms. The lowest BCUT2D eigenvalue weighted by molar-refractivity contribution is 0.0210. The van der Waals surface area contributed by atoms with Gasteiger partial charge in [-0.2, -0.15) is 0 Å². The van der Waals surface area contributed by atoms with E-state index in [-0.39, 0.29) is 5.56 Å². The Balaban J connectivity index is 2.10. The van der Waals surface area contributed by atoms with E-state index in [0.29, 0.717) is 17.2 Å². The van der Waals surface area contributed by atoms with Crippen molar-refractivity contribution in [3.8, 4) is 17.2 Å². The fourth-order valence-corrected chi connectivity index (χ4v) is 2.56. The lowest BCUT2D eigenvalue weighted by Gasteiger charge is -2.30. The molecule has 0 radical (unpaired) electrons. The molecule has 0 aliphatic carbocycles. The summed E-state index contributed by atoms with van der Waals surface area (Å²) in [5.74, 6) is 0.770. The highest BCUT2D eigenvalue weighted by Crippen LogP contribution is 2.42. The van der Waals surface area contributed by atoms with Gasteiger partial charge in [-0.1, -0.05) is 30.3 Å². The molecule has 0 amide bonds. The number of methoxy groups -OCH3 is 2. The Hall–Kier alpha value is -2.53. The third-order valence-electron chi connectivity index (χ3n) is 3.68. The van der Waals surface area contributed by atoms with Crippen molar-refractivity contribution in [1.29, 1.82) is 0 Å². The van der Waals surface area contributed by atoms with Crippen molar-refractivity contribution >= 4 is 5.78 Å². The van der Waals surface area contributed by atoms with Gasteiger partial charge in [-0.3, -0.25) is 4.79 Å². The standard InChI is InChI=1S/C17H16O5/c1-20-11-8-12(21-2)14-13(9-11)22-17(16(19)15(14)18)10-6-4-3-5-7-10/h3-9,16-17,19H,1-2H3/t16-,17-/m1/s1. The monoisotopic (exact) mass is 300 g/mol. The topological polar surface area (TPSA) is 65.0 Å². The lowest BCUT2D eigenvalue weighted by atomic mass is 9.93. The third kappa shape index (κ3) is 2.29. The molecule has 0 unspecified atom stereocenters. The fourth-order valence-electron chi connectivity index (χ4n) is 2.56. The molecule has 0 saturated carbocycles. The number of Topliss-reactive ketones (excluding diaryl/α,β-unsaturated/α-hetero) is 1. The molecule has 114 valence electrons. The quantitative estimate of drug-likeness (QED) is 0.943. The van der Waals surface area contributed by atoms with E-state index in [1.807, 2.05) is 30.3 Å². The number of carbonyl (C=O) groups is 1. The van der Waals surface area contributed by atoms with Gasteiger partial charge in [0.15, 0.2) is 12.2 Å². The first-order valence-electron chi connectivity index (χ1n) is 6.85. The number of aliphatic hydroxyl groups excluding tert-OH is 1. The average Bonchev–Trinajstić information content (AvgIpc) is 2.57. The molecular formula is C17H16O5. The second-order valence-electron chi connectivity index (χ2n) is 4.96. The van der Waals surface area contributed by atoms with Crippen molar-refractivity contribution in [2.24, 2.45) is 0 Å². The molecule has 0 fully saturated rings. The Morgan fingerprint density at radius 3 is 2.45 bits per heavy atom. The van der Waals surface area contributed by atoms with E-state index in [9.17, 15) is 9.90 Å². The first kappa shape index (κ1) is 14.4. The van der Waals surface area contributed by atoms with Crippen molar-refractivity contribution in [2.45, 2.75) is 12.2 Å². The van der Waals surface area contributed by atoms with Crippen LogP contribution in [0.1, 0.15) is 22.0 Å². The summed E-state index contributed by atoms with van der Waals surface area (Å²) in [6, 6.07) is 12.4. The zero-order chi connectivity index (χ0) is 15.7. The summed E-state index contributed by atoms with van der Waals surface area (Å²) < 4.78 is 16.3. The molecule has 0 spiro atoms. The third-order valence-corrected chi connectivity index (χ3v) is 3.68. The summed E-state index contributed by atoms with van der Waals surface area (Å²) in [6.45, 7) is 0. The molecule has 3 rings (SSSR count). The molecule has 5 nitrogen and oxygen atoms in total. The van der Waals surface area contributed by atoms with E-state index in [1.54, 1.807) is 12.1 Å². The summed E-state index contributed by atoms with van der Waals surface area (Å²) in [5.41, 5.74) is 0.971. The lowest BCUT2D eigenvalue weighted by Crippen LogP contribution is -2.36. The zero-order valence-corrected chi connectivity index (χ0v) is 12.3. The molecule has 2 aromatic carbocycles. The van der Waals surface area contributed by atoms with Gasteiger partial charge < -0.3 is 19.3 Å². The summed E-state index contributed by atoms with van der Waals surface area (Å²) >= 11 is 0. The second kappa shape index (κ2) is 5.69. The second-order valence-corrected chi connectivity index (χ2v) is 4.96. The minimum atomic E-state index is -1.28. The normalized spacial score (nSPS) is 20.0. The number of carbonyl (C=O) groups excluding carboxylic acids is 1. The maximum absolute atomic E-state index is 12.5. The molecule has 2 atom stereocenters. The van der Waals surface area contributed by atoms with E-state index >= 15 is 0 Å². The molecule has 2 aromatic rings. The Morgan fingerprint density at radius 1 is 1.09 bits per heavy atom. The van der Waals surface area contributed by atoms with Gasteiger partial charge in [-0.25, -0.2) is 0 Å². The van der Waals surface area contributed by atoms with Crippen LogP contribution in [0.25, 0.3) is 0 Å². The van der Waals surface area contributed by atoms with Crippen LogP contribution in [0.4, 0.5) is 0 Å². The van der Waals surface area contributed by atoms with E-state index in [2.05, 4.69) is 0 Å². The molecule has 5 heteroatoms. The van der Waals surface area contributed by atoms with Gasteiger partial charge in [0.05, 0.1) is 14.2 Å². The van der Waals surface area contributed by atoms with Crippen molar-refractivity contribution in [1.82, 2.24) is 0 Å². The predicted octanol–water partition coefficient (Wildman–Crippen LogP) is 2.38. The van der Waals surface area contributed by atoms with Crippen LogP contribution in [0, 0.1) is 0 Å². The number of benzene rings is 2. The predicted molar refractivity (Wildman–Crippen MR) is 79.7 cm³/mol. The van der Waals surface area contributed by atoms with Gasteiger partial charge in [0.2, 0.25) is 5.78 Å². The molecule has 0 saturated heterocycles. The van der Waals surface area contributed by atoms with Gasteiger partial charge in [0, 0.05) is 12.1 Å². The van der Waals surface area contributed by atoms with Crippen LogP contribution in [0.5, 0.6) is 17.2 Å². The Morgan fingerprint density at radius 2 is 1.82 bits per heavy atom. The summed E-state index contributed by atoms with van der Waals surface area (Å²) in [5, 5.41) is 10.3. The van der Waals surface area contributed by atoms with Crippen LogP contribution in [0.2, 0.25) is 0 Å². The molecule has 1 heterocycles. The SMILES string of the molecule is COc1cc(OC)c2c(c1)O[C@H](c1ccccc1)[C@H](O)C2=O. The average molecular weight is 300 g/mol. The fraction of sp³-hybridized carbons (Fsp3) is 0.235. The number of ketones is 1. The number of aliphatic hydroxyl groups is 1. The van der Waals surface area contributed by atoms with Crippen LogP contribution in [-0.4, -0.2) is 31.2 Å². The summed E-state index contributed by atoms with van der Waals surface area (Å²) in [4.78, 5) is 12.5. The number of hydrogen-bond donors (Lipinski definition) is 1. The number of fused-ring (bicyclic) bond motifs is 1. The molecule has 1 aliphatic rings. The largest absolute Gasteiger partial charge is 0.496 e. The first-order valence-corrected chi connectivity index (χ1v) is 6.85. The molecule has 1 N–H and O–H groups in total. The van der Waals surface area contributed by atoms with Crippen LogP contribution < -0.4 is 14.2 Å². The Bertz CT molecular complexity index is 696. The van der Waals surface area contributed by atoms with Crippen LogP contribution >= 0.6 is 0 Å². The number of hydrogen-bond acceptors (Lipinski definition) is 5. The van der Waals surface area contributed by atoms with E-state index in [0.717, 1.165) is 5.56 Å². The Kier molecular flexibility index (Phi) is 3.73. The van der Waals surface area contributed by atoms with Crippen LogP contribution in [-0.2, 0) is 0 Å². The van der Waals surface area contributed by atoms with Crippen molar-refractivity contribution in [2.75, 3.05) is 14.2 Å². The molecule has 1 aliphatic heterocycles. The maximum atomic E-state index is 12.5. The molecule has 0 aromatic heterocycles. The highest BCUT2D eigenvalue weighted by molar-refractivity contribution is 6.05. The Labute approximate surface area is 128 Å². The zero-order valence-electron chi connectivity index (χ0n) is 12.3. The van der Waals surface area contributed by atoms with Gasteiger partial charge in [0.25, 0.3) is 0 Å². The smallest absolute Gasteiger partial charge is 0.202 e. The van der Waals surface area contributed by atoms with E-state index in [4.69, 9.17) is 14.2 Å². The van der Waals surface area contributed by atoms with E-state index < -0.39 is 18.0 Å². The van der Waals surface area contributed by atoms with Gasteiger partial charge in [0.1, 0.15) is 22.8 Å². The van der Waals surface area contributed by atoms with Crippen LogP contribution in [0.3, 0.4) is 0 Å². The van der Waals surface area contributed by atoms with Crippen molar-refractivity contribution in [3.63, 3.8) is 0 Å². The van der Waals surface area contributed by atoms with Crippen molar-refractivity contribution in [3.05, 3.63) is 53.6 Å². The summed E-state index contributed by atoms with van der Waals surface area (Å²) in [7, 11) is 2.98. The molecular weight excluding hydrogens is 284 g/mol. The number of rotatable bonds is 3. The van der Waals surface area contributed by atoms with Gasteiger partial charge in [-0.05, 0) is 5.56 Å². The van der Waals surface area contributed by atoms with Crippen molar-refractivity contribution < 1.29 is 24.1 Å². The van der Waals surface area contributed by atoms with E-state index in [1.165, 1.54) is 14.2 Å². The minimum absolute atomic E-state index is 0.239. The first-order chi connectivity index (χ1) is 10.7. The highest BCUT2D eigenvalue weighted by Gasteiger charge is 2.39. The molecule has 0 bridgehead atoms. The van der Waals surface area contributed by atoms with Crippen LogP contribution in [0.15, 0.2) is 42.5 Å². The number of ether oxygens (including phenoxy) is 3. The van der Waals surface area contributed by atoms with Gasteiger partial charge >= 0.3 is 0 Å². The highest BCUT2D eigenvalue weighted by atomic mass is 16.5.